The fourth-order valence-electron chi connectivity index (χ4n) is 4.43. The van der Waals surface area contributed by atoms with Crippen LogP contribution in [-0.2, 0) is 11.2 Å². The number of likely N-dealkylation sites (tertiary alicyclic amines) is 1. The highest BCUT2D eigenvalue weighted by molar-refractivity contribution is 5.98. The fourth-order valence-corrected chi connectivity index (χ4v) is 4.43. The van der Waals surface area contributed by atoms with E-state index in [1.54, 1.807) is 0 Å². The minimum absolute atomic E-state index is 0.0156. The Hall–Kier alpha value is -2.66. The summed E-state index contributed by atoms with van der Waals surface area (Å²) in [5.41, 5.74) is 3.03. The molecule has 152 valence electrons. The first-order valence-corrected chi connectivity index (χ1v) is 10.6. The molecule has 2 aromatic rings. The van der Waals surface area contributed by atoms with E-state index in [9.17, 15) is 9.59 Å². The molecule has 5 heteroatoms. The van der Waals surface area contributed by atoms with Crippen LogP contribution in [0, 0.1) is 0 Å². The molecule has 0 unspecified atom stereocenters. The number of aryl methyl sites for hydroxylation is 1. The first kappa shape index (κ1) is 19.6. The maximum atomic E-state index is 13.2. The van der Waals surface area contributed by atoms with E-state index in [1.807, 2.05) is 54.3 Å². The van der Waals surface area contributed by atoms with Crippen LogP contribution in [0.2, 0.25) is 0 Å². The maximum Gasteiger partial charge on any atom is 0.251 e. The standard InChI is InChI=1S/C24H29N3O2/c1-18(24(29)27-15-7-11-19-8-5-6-12-22(19)27)26-16-13-21(14-17-26)25-23(28)20-9-3-2-4-10-20/h2-6,8-10,12,18,21H,7,11,13-17H2,1H3,(H,25,28)/t18-/m0/s1. The van der Waals surface area contributed by atoms with Crippen molar-refractivity contribution in [1.82, 2.24) is 10.2 Å². The molecule has 2 aliphatic rings. The van der Waals surface area contributed by atoms with Crippen molar-refractivity contribution >= 4 is 17.5 Å². The highest BCUT2D eigenvalue weighted by Gasteiger charge is 2.32. The number of hydrogen-bond acceptors (Lipinski definition) is 3. The van der Waals surface area contributed by atoms with E-state index in [-0.39, 0.29) is 23.9 Å². The summed E-state index contributed by atoms with van der Waals surface area (Å²) in [4.78, 5) is 29.8. The molecule has 2 heterocycles. The molecule has 29 heavy (non-hydrogen) atoms. The van der Waals surface area contributed by atoms with E-state index >= 15 is 0 Å². The van der Waals surface area contributed by atoms with Crippen molar-refractivity contribution in [2.75, 3.05) is 24.5 Å². The third kappa shape index (κ3) is 4.35. The molecule has 1 N–H and O–H groups in total. The van der Waals surface area contributed by atoms with Crippen LogP contribution in [0.5, 0.6) is 0 Å². The quantitative estimate of drug-likeness (QED) is 0.871. The molecule has 2 aliphatic heterocycles. The third-order valence-electron chi connectivity index (χ3n) is 6.18. The third-order valence-corrected chi connectivity index (χ3v) is 6.18. The molecule has 1 saturated heterocycles. The SMILES string of the molecule is C[C@@H](C(=O)N1CCCc2ccccc21)N1CCC(NC(=O)c2ccccc2)CC1. The van der Waals surface area contributed by atoms with Crippen LogP contribution in [-0.4, -0.2) is 48.4 Å². The van der Waals surface area contributed by atoms with Gasteiger partial charge in [-0.25, -0.2) is 0 Å². The van der Waals surface area contributed by atoms with Crippen LogP contribution in [0.25, 0.3) is 0 Å². The van der Waals surface area contributed by atoms with Crippen molar-refractivity contribution in [3.05, 3.63) is 65.7 Å². The van der Waals surface area contributed by atoms with Crippen LogP contribution in [0.3, 0.4) is 0 Å². The summed E-state index contributed by atoms with van der Waals surface area (Å²) < 4.78 is 0. The zero-order valence-corrected chi connectivity index (χ0v) is 17.0. The number of carbonyl (C=O) groups is 2. The number of fused-ring (bicyclic) bond motifs is 1. The van der Waals surface area contributed by atoms with Gasteiger partial charge in [-0.2, -0.15) is 0 Å². The molecule has 1 atom stereocenters. The van der Waals surface area contributed by atoms with Crippen LogP contribution < -0.4 is 10.2 Å². The molecule has 1 fully saturated rings. The van der Waals surface area contributed by atoms with Crippen molar-refractivity contribution in [2.24, 2.45) is 0 Å². The van der Waals surface area contributed by atoms with Gasteiger partial charge in [-0.1, -0.05) is 36.4 Å². The van der Waals surface area contributed by atoms with Gasteiger partial charge >= 0.3 is 0 Å². The fraction of sp³-hybridized carbons (Fsp3) is 0.417. The lowest BCUT2D eigenvalue weighted by Gasteiger charge is -2.39. The molecule has 0 bridgehead atoms. The highest BCUT2D eigenvalue weighted by atomic mass is 16.2. The average Bonchev–Trinajstić information content (AvgIpc) is 2.79. The molecule has 2 aromatic carbocycles. The van der Waals surface area contributed by atoms with E-state index in [1.165, 1.54) is 5.56 Å². The lowest BCUT2D eigenvalue weighted by atomic mass is 9.99. The van der Waals surface area contributed by atoms with E-state index in [0.29, 0.717) is 5.56 Å². The van der Waals surface area contributed by atoms with Crippen molar-refractivity contribution in [2.45, 2.75) is 44.7 Å². The molecule has 4 rings (SSSR count). The Morgan fingerprint density at radius 1 is 0.966 bits per heavy atom. The van der Waals surface area contributed by atoms with Gasteiger partial charge in [0, 0.05) is 36.9 Å². The Morgan fingerprint density at radius 3 is 2.41 bits per heavy atom. The van der Waals surface area contributed by atoms with Crippen LogP contribution in [0.15, 0.2) is 54.6 Å². The lowest BCUT2D eigenvalue weighted by molar-refractivity contribution is -0.123. The van der Waals surface area contributed by atoms with Gasteiger partial charge < -0.3 is 10.2 Å². The van der Waals surface area contributed by atoms with Gasteiger partial charge in [0.2, 0.25) is 5.91 Å². The second-order valence-corrected chi connectivity index (χ2v) is 8.05. The number of nitrogens with zero attached hydrogens (tertiary/aromatic N) is 2. The summed E-state index contributed by atoms with van der Waals surface area (Å²) in [5.74, 6) is 0.169. The van der Waals surface area contributed by atoms with Gasteiger partial charge in [-0.3, -0.25) is 14.5 Å². The Bertz CT molecular complexity index is 859. The largest absolute Gasteiger partial charge is 0.349 e. The summed E-state index contributed by atoms with van der Waals surface area (Å²) in [7, 11) is 0. The highest BCUT2D eigenvalue weighted by Crippen LogP contribution is 2.28. The Kier molecular flexibility index (Phi) is 5.95. The lowest BCUT2D eigenvalue weighted by Crippen LogP contribution is -2.53. The second kappa shape index (κ2) is 8.78. The predicted molar refractivity (Wildman–Crippen MR) is 115 cm³/mol. The minimum atomic E-state index is -0.146. The topological polar surface area (TPSA) is 52.7 Å². The van der Waals surface area contributed by atoms with Crippen molar-refractivity contribution < 1.29 is 9.59 Å². The number of carbonyl (C=O) groups excluding carboxylic acids is 2. The van der Waals surface area contributed by atoms with Gasteiger partial charge in [0.1, 0.15) is 0 Å². The zero-order valence-electron chi connectivity index (χ0n) is 17.0. The van der Waals surface area contributed by atoms with Crippen LogP contribution in [0.4, 0.5) is 5.69 Å². The van der Waals surface area contributed by atoms with Gasteiger partial charge in [0.25, 0.3) is 5.91 Å². The minimum Gasteiger partial charge on any atom is -0.349 e. The molecular weight excluding hydrogens is 362 g/mol. The number of amides is 2. The van der Waals surface area contributed by atoms with E-state index in [2.05, 4.69) is 22.3 Å². The molecule has 0 saturated carbocycles. The summed E-state index contributed by atoms with van der Waals surface area (Å²) in [5, 5.41) is 3.14. The summed E-state index contributed by atoms with van der Waals surface area (Å²) >= 11 is 0. The number of para-hydroxylation sites is 1. The zero-order chi connectivity index (χ0) is 20.2. The van der Waals surface area contributed by atoms with Gasteiger partial charge in [-0.05, 0) is 56.4 Å². The van der Waals surface area contributed by atoms with Crippen LogP contribution in [0.1, 0.15) is 42.1 Å². The van der Waals surface area contributed by atoms with E-state index in [4.69, 9.17) is 0 Å². The monoisotopic (exact) mass is 391 g/mol. The number of rotatable bonds is 4. The van der Waals surface area contributed by atoms with Crippen molar-refractivity contribution in [1.29, 1.82) is 0 Å². The van der Waals surface area contributed by atoms with Gasteiger partial charge in [0.15, 0.2) is 0 Å². The van der Waals surface area contributed by atoms with E-state index in [0.717, 1.165) is 51.0 Å². The molecule has 0 radical (unpaired) electrons. The van der Waals surface area contributed by atoms with Crippen LogP contribution >= 0.6 is 0 Å². The molecule has 0 aromatic heterocycles. The second-order valence-electron chi connectivity index (χ2n) is 8.05. The molecule has 5 nitrogen and oxygen atoms in total. The van der Waals surface area contributed by atoms with E-state index < -0.39 is 0 Å². The number of nitrogens with one attached hydrogen (secondary N) is 1. The molecule has 2 amide bonds. The number of hydrogen-bond donors (Lipinski definition) is 1. The smallest absolute Gasteiger partial charge is 0.251 e. The number of anilines is 1. The number of piperidine rings is 1. The van der Waals surface area contributed by atoms with Gasteiger partial charge in [-0.15, -0.1) is 0 Å². The summed E-state index contributed by atoms with van der Waals surface area (Å²) in [6.45, 7) is 4.45. The summed E-state index contributed by atoms with van der Waals surface area (Å²) in [6, 6.07) is 17.6. The molecule has 0 aliphatic carbocycles. The van der Waals surface area contributed by atoms with Crippen molar-refractivity contribution in [3.8, 4) is 0 Å². The molecule has 0 spiro atoms. The Balaban J connectivity index is 1.33. The Morgan fingerprint density at radius 2 is 1.66 bits per heavy atom. The van der Waals surface area contributed by atoms with Gasteiger partial charge in [0.05, 0.1) is 6.04 Å². The van der Waals surface area contributed by atoms with Crippen molar-refractivity contribution in [3.63, 3.8) is 0 Å². The first-order chi connectivity index (χ1) is 14.1. The summed E-state index contributed by atoms with van der Waals surface area (Å²) in [6.07, 6.45) is 3.80. The Labute approximate surface area is 172 Å². The average molecular weight is 392 g/mol. The maximum absolute atomic E-state index is 13.2. The normalized spacial score (nSPS) is 18.7. The number of benzene rings is 2. The molecular formula is C24H29N3O2. The first-order valence-electron chi connectivity index (χ1n) is 10.6. The predicted octanol–water partition coefficient (Wildman–Crippen LogP) is 3.25.